The molecule has 0 radical (unpaired) electrons. The molecule has 0 saturated heterocycles. The molecule has 2 heterocycles. The van der Waals surface area contributed by atoms with Gasteiger partial charge in [0, 0.05) is 24.8 Å². The van der Waals surface area contributed by atoms with E-state index in [9.17, 15) is 4.79 Å². The standard InChI is InChI=1S/C27H24FN3O2S/c1-3-33-24(32)13-16-31(2)19-9-10-20(21(28)17-19)25-29-22-11-12-23(30-26(22)34-25)27(14-15-27)18-7-5-4-6-8-18/h4-12,14-15,17H,3,13,16H2,1-2H3. The van der Waals surface area contributed by atoms with Gasteiger partial charge in [-0.3, -0.25) is 4.79 Å². The predicted octanol–water partition coefficient (Wildman–Crippen LogP) is 5.74. The van der Waals surface area contributed by atoms with Crippen LogP contribution in [-0.4, -0.2) is 36.1 Å². The lowest BCUT2D eigenvalue weighted by Gasteiger charge is -2.19. The summed E-state index contributed by atoms with van der Waals surface area (Å²) >= 11 is 1.39. The molecule has 0 unspecified atom stereocenters. The number of carbonyl (C=O) groups is 1. The molecule has 2 aromatic carbocycles. The quantitative estimate of drug-likeness (QED) is 0.241. The lowest BCUT2D eigenvalue weighted by molar-refractivity contribution is -0.142. The molecular weight excluding hydrogens is 449 g/mol. The summed E-state index contributed by atoms with van der Waals surface area (Å²) in [5.41, 5.74) is 3.75. The molecule has 1 aliphatic carbocycles. The normalized spacial score (nSPS) is 13.7. The number of carbonyl (C=O) groups excluding carboxylic acids is 1. The summed E-state index contributed by atoms with van der Waals surface area (Å²) < 4.78 is 20.0. The Morgan fingerprint density at radius 2 is 1.88 bits per heavy atom. The second kappa shape index (κ2) is 8.99. The topological polar surface area (TPSA) is 55.3 Å². The van der Waals surface area contributed by atoms with E-state index in [1.807, 2.05) is 48.3 Å². The zero-order valence-electron chi connectivity index (χ0n) is 19.0. The molecule has 1 aliphatic rings. The van der Waals surface area contributed by atoms with Crippen LogP contribution in [0.3, 0.4) is 0 Å². The van der Waals surface area contributed by atoms with Crippen LogP contribution in [0.2, 0.25) is 0 Å². The molecule has 0 aliphatic heterocycles. The van der Waals surface area contributed by atoms with Crippen LogP contribution in [0.1, 0.15) is 24.6 Å². The summed E-state index contributed by atoms with van der Waals surface area (Å²) in [6.07, 6.45) is 4.55. The number of pyridine rings is 1. The molecular formula is C27H24FN3O2S. The van der Waals surface area contributed by atoms with E-state index < -0.39 is 0 Å². The molecule has 0 N–H and O–H groups in total. The van der Waals surface area contributed by atoms with E-state index in [1.54, 1.807) is 13.0 Å². The number of benzene rings is 2. The number of allylic oxidation sites excluding steroid dienone is 2. The van der Waals surface area contributed by atoms with Crippen molar-refractivity contribution in [3.05, 3.63) is 89.9 Å². The third-order valence-electron chi connectivity index (χ3n) is 6.01. The predicted molar refractivity (Wildman–Crippen MR) is 134 cm³/mol. The van der Waals surface area contributed by atoms with E-state index in [-0.39, 0.29) is 23.6 Å². The molecule has 7 heteroatoms. The van der Waals surface area contributed by atoms with Gasteiger partial charge in [-0.2, -0.15) is 0 Å². The number of halogens is 1. The van der Waals surface area contributed by atoms with E-state index in [1.165, 1.54) is 23.0 Å². The Balaban J connectivity index is 1.38. The van der Waals surface area contributed by atoms with Crippen molar-refractivity contribution < 1.29 is 13.9 Å². The van der Waals surface area contributed by atoms with Gasteiger partial charge in [0.25, 0.3) is 0 Å². The number of anilines is 1. The second-order valence-electron chi connectivity index (χ2n) is 8.25. The van der Waals surface area contributed by atoms with Crippen molar-refractivity contribution in [3.63, 3.8) is 0 Å². The van der Waals surface area contributed by atoms with Crippen LogP contribution in [0, 0.1) is 5.82 Å². The maximum Gasteiger partial charge on any atom is 0.307 e. The van der Waals surface area contributed by atoms with Crippen LogP contribution in [0.5, 0.6) is 0 Å². The highest BCUT2D eigenvalue weighted by Gasteiger charge is 2.39. The van der Waals surface area contributed by atoms with Crippen molar-refractivity contribution in [3.8, 4) is 10.6 Å². The van der Waals surface area contributed by atoms with E-state index in [0.29, 0.717) is 29.4 Å². The van der Waals surface area contributed by atoms with Gasteiger partial charge in [-0.15, -0.1) is 0 Å². The number of nitrogens with zero attached hydrogens (tertiary/aromatic N) is 3. The molecule has 4 aromatic rings. The number of rotatable bonds is 8. The Kier molecular flexibility index (Phi) is 5.87. The Labute approximate surface area is 201 Å². The average molecular weight is 474 g/mol. The summed E-state index contributed by atoms with van der Waals surface area (Å²) in [5, 5.41) is 0.593. The maximum absolute atomic E-state index is 15.1. The molecule has 0 fully saturated rings. The van der Waals surface area contributed by atoms with Crippen molar-refractivity contribution in [1.29, 1.82) is 0 Å². The van der Waals surface area contributed by atoms with Gasteiger partial charge in [0.05, 0.1) is 24.1 Å². The molecule has 5 rings (SSSR count). The van der Waals surface area contributed by atoms with Gasteiger partial charge in [0.15, 0.2) is 0 Å². The molecule has 2 aromatic heterocycles. The van der Waals surface area contributed by atoms with E-state index >= 15 is 4.39 Å². The van der Waals surface area contributed by atoms with Crippen LogP contribution >= 0.6 is 11.3 Å². The van der Waals surface area contributed by atoms with E-state index in [4.69, 9.17) is 9.72 Å². The van der Waals surface area contributed by atoms with Crippen molar-refractivity contribution >= 4 is 33.3 Å². The first kappa shape index (κ1) is 22.2. The minimum Gasteiger partial charge on any atom is -0.466 e. The molecule has 0 bridgehead atoms. The fourth-order valence-corrected chi connectivity index (χ4v) is 4.97. The summed E-state index contributed by atoms with van der Waals surface area (Å²) in [7, 11) is 1.82. The largest absolute Gasteiger partial charge is 0.466 e. The molecule has 5 nitrogen and oxygen atoms in total. The lowest BCUT2D eigenvalue weighted by Crippen LogP contribution is -2.22. The van der Waals surface area contributed by atoms with Crippen LogP contribution in [0.15, 0.2) is 72.8 Å². The summed E-state index contributed by atoms with van der Waals surface area (Å²) in [5.74, 6) is -0.618. The van der Waals surface area contributed by atoms with E-state index in [0.717, 1.165) is 16.0 Å². The number of esters is 1. The average Bonchev–Trinajstić information content (AvgIpc) is 3.56. The molecule has 0 amide bonds. The molecule has 34 heavy (non-hydrogen) atoms. The number of thiazole rings is 1. The minimum absolute atomic E-state index is 0.249. The van der Waals surface area contributed by atoms with Gasteiger partial charge in [-0.1, -0.05) is 53.8 Å². The summed E-state index contributed by atoms with van der Waals surface area (Å²) in [4.78, 5) is 23.7. The molecule has 0 atom stereocenters. The first-order valence-electron chi connectivity index (χ1n) is 11.2. The highest BCUT2D eigenvalue weighted by atomic mass is 32.1. The number of aromatic nitrogens is 2. The van der Waals surface area contributed by atoms with Crippen molar-refractivity contribution in [2.24, 2.45) is 0 Å². The summed E-state index contributed by atoms with van der Waals surface area (Å²) in [6, 6.07) is 19.3. The molecule has 0 spiro atoms. The van der Waals surface area contributed by atoms with Gasteiger partial charge in [0.2, 0.25) is 0 Å². The fraction of sp³-hybridized carbons (Fsp3) is 0.222. The SMILES string of the molecule is CCOC(=O)CCN(C)c1ccc(-c2nc3ccc(C4(c5ccccc5)C=C4)nc3s2)c(F)c1. The third kappa shape index (κ3) is 4.19. The Morgan fingerprint density at radius 3 is 2.59 bits per heavy atom. The Bertz CT molecular complexity index is 1380. The zero-order valence-corrected chi connectivity index (χ0v) is 19.8. The minimum atomic E-state index is -0.357. The highest BCUT2D eigenvalue weighted by molar-refractivity contribution is 7.21. The van der Waals surface area contributed by atoms with Crippen LogP contribution in [0.25, 0.3) is 20.9 Å². The van der Waals surface area contributed by atoms with Crippen molar-refractivity contribution in [1.82, 2.24) is 9.97 Å². The molecule has 0 saturated carbocycles. The number of hydrogen-bond acceptors (Lipinski definition) is 6. The van der Waals surface area contributed by atoms with Gasteiger partial charge >= 0.3 is 5.97 Å². The van der Waals surface area contributed by atoms with E-state index in [2.05, 4.69) is 29.3 Å². The highest BCUT2D eigenvalue weighted by Crippen LogP contribution is 2.45. The second-order valence-corrected chi connectivity index (χ2v) is 9.23. The number of ether oxygens (including phenoxy) is 1. The lowest BCUT2D eigenvalue weighted by atomic mass is 9.89. The van der Waals surface area contributed by atoms with Crippen molar-refractivity contribution in [2.45, 2.75) is 18.8 Å². The van der Waals surface area contributed by atoms with Gasteiger partial charge in [0.1, 0.15) is 21.2 Å². The third-order valence-corrected chi connectivity index (χ3v) is 7.01. The van der Waals surface area contributed by atoms with Gasteiger partial charge in [-0.25, -0.2) is 14.4 Å². The fourth-order valence-electron chi connectivity index (χ4n) is 4.01. The Morgan fingerprint density at radius 1 is 1.09 bits per heavy atom. The maximum atomic E-state index is 15.1. The molecule has 172 valence electrons. The van der Waals surface area contributed by atoms with Crippen LogP contribution < -0.4 is 4.90 Å². The first-order chi connectivity index (χ1) is 16.5. The van der Waals surface area contributed by atoms with Crippen LogP contribution in [-0.2, 0) is 14.9 Å². The van der Waals surface area contributed by atoms with Gasteiger partial charge < -0.3 is 9.64 Å². The Hall–Kier alpha value is -3.58. The van der Waals surface area contributed by atoms with Crippen molar-refractivity contribution in [2.75, 3.05) is 25.1 Å². The first-order valence-corrected chi connectivity index (χ1v) is 12.0. The zero-order chi connectivity index (χ0) is 23.7. The number of fused-ring (bicyclic) bond motifs is 1. The monoisotopic (exact) mass is 473 g/mol. The van der Waals surface area contributed by atoms with Crippen LogP contribution in [0.4, 0.5) is 10.1 Å². The van der Waals surface area contributed by atoms with Gasteiger partial charge in [-0.05, 0) is 42.8 Å². The summed E-state index contributed by atoms with van der Waals surface area (Å²) in [6.45, 7) is 2.58. The smallest absolute Gasteiger partial charge is 0.307 e. The number of hydrogen-bond donors (Lipinski definition) is 0.